The molecule has 2 aromatic heterocycles. The van der Waals surface area contributed by atoms with Crippen molar-refractivity contribution >= 4 is 27.4 Å². The minimum Gasteiger partial charge on any atom is -0.395 e. The number of aliphatic hydroxyl groups is 1. The van der Waals surface area contributed by atoms with Crippen molar-refractivity contribution in [3.63, 3.8) is 0 Å². The molecule has 1 aromatic carbocycles. The largest absolute Gasteiger partial charge is 0.395 e. The molecule has 2 heterocycles. The molecular formula is C19H21N3OS. The number of aryl methyl sites for hydroxylation is 2. The van der Waals surface area contributed by atoms with Gasteiger partial charge < -0.3 is 10.0 Å². The number of hydrogen-bond donors (Lipinski definition) is 1. The molecule has 0 saturated carbocycles. The molecule has 5 heteroatoms. The minimum absolute atomic E-state index is 0.111. The van der Waals surface area contributed by atoms with Crippen molar-refractivity contribution in [3.05, 3.63) is 41.0 Å². The molecule has 24 heavy (non-hydrogen) atoms. The lowest BCUT2D eigenvalue weighted by Gasteiger charge is -2.19. The van der Waals surface area contributed by atoms with Gasteiger partial charge in [-0.05, 0) is 42.4 Å². The van der Waals surface area contributed by atoms with Crippen LogP contribution in [0.1, 0.15) is 24.0 Å². The Labute approximate surface area is 145 Å². The first-order valence-corrected chi connectivity index (χ1v) is 9.32. The molecule has 4 nitrogen and oxygen atoms in total. The summed E-state index contributed by atoms with van der Waals surface area (Å²) < 4.78 is 0. The second-order valence-electron chi connectivity index (χ2n) is 6.36. The van der Waals surface area contributed by atoms with Gasteiger partial charge in [0.2, 0.25) is 0 Å². The van der Waals surface area contributed by atoms with Crippen LogP contribution in [-0.2, 0) is 12.8 Å². The zero-order valence-corrected chi connectivity index (χ0v) is 14.6. The third-order valence-electron chi connectivity index (χ3n) is 4.81. The lowest BCUT2D eigenvalue weighted by atomic mass is 9.89. The molecular weight excluding hydrogens is 318 g/mol. The van der Waals surface area contributed by atoms with Gasteiger partial charge in [-0.2, -0.15) is 0 Å². The quantitative estimate of drug-likeness (QED) is 0.788. The summed E-state index contributed by atoms with van der Waals surface area (Å²) in [7, 11) is 1.96. The highest BCUT2D eigenvalue weighted by Gasteiger charge is 2.17. The van der Waals surface area contributed by atoms with Gasteiger partial charge in [-0.25, -0.2) is 9.97 Å². The number of aromatic nitrogens is 2. The third-order valence-corrected chi connectivity index (χ3v) is 5.69. The van der Waals surface area contributed by atoms with E-state index in [2.05, 4.69) is 33.5 Å². The Morgan fingerprint density at radius 1 is 1.17 bits per heavy atom. The molecule has 0 amide bonds. The van der Waals surface area contributed by atoms with Crippen LogP contribution in [0.25, 0.3) is 21.3 Å². The van der Waals surface area contributed by atoms with Crippen LogP contribution in [0.4, 0.5) is 5.82 Å². The van der Waals surface area contributed by atoms with E-state index in [4.69, 9.17) is 0 Å². The van der Waals surface area contributed by atoms with E-state index < -0.39 is 0 Å². The zero-order valence-electron chi connectivity index (χ0n) is 13.8. The van der Waals surface area contributed by atoms with Gasteiger partial charge in [0.05, 0.1) is 12.0 Å². The third kappa shape index (κ3) is 2.68. The van der Waals surface area contributed by atoms with Crippen molar-refractivity contribution in [1.82, 2.24) is 9.97 Å². The topological polar surface area (TPSA) is 49.2 Å². The number of likely N-dealkylation sites (N-methyl/N-ethyl adjacent to an activating group) is 1. The van der Waals surface area contributed by atoms with Crippen LogP contribution in [0.5, 0.6) is 0 Å². The first-order valence-electron chi connectivity index (χ1n) is 8.44. The molecule has 124 valence electrons. The van der Waals surface area contributed by atoms with E-state index in [-0.39, 0.29) is 6.61 Å². The van der Waals surface area contributed by atoms with Gasteiger partial charge in [0.1, 0.15) is 17.0 Å². The first kappa shape index (κ1) is 15.5. The van der Waals surface area contributed by atoms with Crippen LogP contribution >= 0.6 is 11.3 Å². The van der Waals surface area contributed by atoms with Crippen LogP contribution in [0.2, 0.25) is 0 Å². The summed E-state index contributed by atoms with van der Waals surface area (Å²) in [4.78, 5) is 11.9. The molecule has 0 spiro atoms. The van der Waals surface area contributed by atoms with Gasteiger partial charge in [-0.3, -0.25) is 0 Å². The number of aliphatic hydroxyl groups excluding tert-OH is 1. The standard InChI is InChI=1S/C19H21N3OS/c1-22(8-9-23)18-17-16(11-24-19(17)21-12-20-18)15-7-6-13-4-2-3-5-14(13)10-15/h6-7,10-12,23H,2-5,8-9H2,1H3. The highest BCUT2D eigenvalue weighted by atomic mass is 32.1. The normalized spacial score (nSPS) is 13.9. The number of benzene rings is 1. The summed E-state index contributed by atoms with van der Waals surface area (Å²) in [6.07, 6.45) is 6.58. The predicted molar refractivity (Wildman–Crippen MR) is 99.8 cm³/mol. The van der Waals surface area contributed by atoms with Gasteiger partial charge >= 0.3 is 0 Å². The summed E-state index contributed by atoms with van der Waals surface area (Å²) in [5.41, 5.74) is 5.43. The highest BCUT2D eigenvalue weighted by Crippen LogP contribution is 2.38. The van der Waals surface area contributed by atoms with Crippen molar-refractivity contribution in [2.24, 2.45) is 0 Å². The average molecular weight is 339 g/mol. The van der Waals surface area contributed by atoms with Crippen molar-refractivity contribution in [2.75, 3.05) is 25.1 Å². The minimum atomic E-state index is 0.111. The molecule has 4 rings (SSSR count). The SMILES string of the molecule is CN(CCO)c1ncnc2scc(-c3ccc4c(c3)CCCC4)c12. The maximum Gasteiger partial charge on any atom is 0.141 e. The van der Waals surface area contributed by atoms with Crippen molar-refractivity contribution < 1.29 is 5.11 Å². The predicted octanol–water partition coefficient (Wildman–Crippen LogP) is 3.67. The molecule has 0 saturated heterocycles. The van der Waals surface area contributed by atoms with Crippen molar-refractivity contribution in [1.29, 1.82) is 0 Å². The van der Waals surface area contributed by atoms with Crippen LogP contribution in [0.15, 0.2) is 29.9 Å². The molecule has 0 aliphatic heterocycles. The Morgan fingerprint density at radius 2 is 2.00 bits per heavy atom. The van der Waals surface area contributed by atoms with Gasteiger partial charge in [-0.1, -0.05) is 18.2 Å². The number of nitrogens with zero attached hydrogens (tertiary/aromatic N) is 3. The Bertz CT molecular complexity index is 874. The summed E-state index contributed by atoms with van der Waals surface area (Å²) in [5, 5.41) is 12.5. The Kier molecular flexibility index (Phi) is 4.21. The van der Waals surface area contributed by atoms with E-state index in [0.717, 1.165) is 16.0 Å². The van der Waals surface area contributed by atoms with Gasteiger partial charge in [0.15, 0.2) is 0 Å². The number of anilines is 1. The van der Waals surface area contributed by atoms with Gasteiger partial charge in [-0.15, -0.1) is 11.3 Å². The fraction of sp³-hybridized carbons (Fsp3) is 0.368. The van der Waals surface area contributed by atoms with E-state index in [1.54, 1.807) is 17.7 Å². The van der Waals surface area contributed by atoms with Crippen molar-refractivity contribution in [3.8, 4) is 11.1 Å². The second-order valence-corrected chi connectivity index (χ2v) is 7.22. The molecule has 1 aliphatic carbocycles. The first-order chi connectivity index (χ1) is 11.8. The molecule has 1 N–H and O–H groups in total. The molecule has 0 radical (unpaired) electrons. The number of thiophene rings is 1. The molecule has 0 fully saturated rings. The van der Waals surface area contributed by atoms with Gasteiger partial charge in [0.25, 0.3) is 0 Å². The molecule has 0 bridgehead atoms. The lowest BCUT2D eigenvalue weighted by molar-refractivity contribution is 0.304. The number of fused-ring (bicyclic) bond motifs is 2. The van der Waals surface area contributed by atoms with E-state index in [1.807, 2.05) is 11.9 Å². The summed E-state index contributed by atoms with van der Waals surface area (Å²) in [6.45, 7) is 0.673. The number of hydrogen-bond acceptors (Lipinski definition) is 5. The van der Waals surface area contributed by atoms with Gasteiger partial charge in [0, 0.05) is 24.5 Å². The summed E-state index contributed by atoms with van der Waals surface area (Å²) >= 11 is 1.66. The van der Waals surface area contributed by atoms with E-state index in [9.17, 15) is 5.11 Å². The van der Waals surface area contributed by atoms with E-state index >= 15 is 0 Å². The van der Waals surface area contributed by atoms with Crippen LogP contribution in [0, 0.1) is 0 Å². The summed E-state index contributed by atoms with van der Waals surface area (Å²) in [6, 6.07) is 6.86. The second kappa shape index (κ2) is 6.49. The zero-order chi connectivity index (χ0) is 16.5. The summed E-state index contributed by atoms with van der Waals surface area (Å²) in [5.74, 6) is 0.892. The maximum absolute atomic E-state index is 9.26. The molecule has 0 atom stereocenters. The van der Waals surface area contributed by atoms with E-state index in [1.165, 1.54) is 47.9 Å². The Balaban J connectivity index is 1.85. The van der Waals surface area contributed by atoms with Crippen LogP contribution < -0.4 is 4.90 Å². The average Bonchev–Trinajstić information content (AvgIpc) is 3.05. The Hall–Kier alpha value is -1.98. The number of rotatable bonds is 4. The molecule has 0 unspecified atom stereocenters. The molecule has 3 aromatic rings. The van der Waals surface area contributed by atoms with Crippen molar-refractivity contribution in [2.45, 2.75) is 25.7 Å². The molecule has 1 aliphatic rings. The monoisotopic (exact) mass is 339 g/mol. The maximum atomic E-state index is 9.26. The Morgan fingerprint density at radius 3 is 2.83 bits per heavy atom. The smallest absolute Gasteiger partial charge is 0.141 e. The highest BCUT2D eigenvalue weighted by molar-refractivity contribution is 7.17. The van der Waals surface area contributed by atoms with E-state index in [0.29, 0.717) is 6.54 Å². The fourth-order valence-corrected chi connectivity index (χ4v) is 4.43. The lowest BCUT2D eigenvalue weighted by Crippen LogP contribution is -2.22. The van der Waals surface area contributed by atoms with Crippen LogP contribution in [0.3, 0.4) is 0 Å². The fourth-order valence-electron chi connectivity index (χ4n) is 3.52. The van der Waals surface area contributed by atoms with Crippen LogP contribution in [-0.4, -0.2) is 35.3 Å².